The third-order valence-electron chi connectivity index (χ3n) is 3.46. The summed E-state index contributed by atoms with van der Waals surface area (Å²) >= 11 is 0. The van der Waals surface area contributed by atoms with Crippen LogP contribution in [-0.4, -0.2) is 13.4 Å². The number of benzene rings is 1. The van der Waals surface area contributed by atoms with E-state index in [1.165, 1.54) is 37.7 Å². The third kappa shape index (κ3) is 2.26. The van der Waals surface area contributed by atoms with E-state index in [1.54, 1.807) is 7.11 Å². The minimum absolute atomic E-state index is 0.637. The summed E-state index contributed by atoms with van der Waals surface area (Å²) in [6.07, 6.45) is 7.37. The molecular formula is C14H18O2. The molecule has 1 aromatic rings. The molecule has 86 valence electrons. The second-order valence-corrected chi connectivity index (χ2v) is 4.45. The van der Waals surface area contributed by atoms with Crippen LogP contribution in [0.5, 0.6) is 5.75 Å². The second-order valence-electron chi connectivity index (χ2n) is 4.45. The Balaban J connectivity index is 2.24. The first kappa shape index (κ1) is 11.2. The fraction of sp³-hybridized carbons (Fsp3) is 0.500. The van der Waals surface area contributed by atoms with Crippen LogP contribution in [0.25, 0.3) is 0 Å². The lowest BCUT2D eigenvalue weighted by molar-refractivity contribution is 0.112. The molecule has 0 saturated heterocycles. The minimum atomic E-state index is 0.637. The summed E-state index contributed by atoms with van der Waals surface area (Å²) in [5, 5.41) is 0. The first-order valence-electron chi connectivity index (χ1n) is 5.98. The molecule has 0 aromatic heterocycles. The average molecular weight is 218 g/mol. The molecule has 0 aliphatic heterocycles. The summed E-state index contributed by atoms with van der Waals surface area (Å²) < 4.78 is 5.15. The molecule has 0 radical (unpaired) electrons. The highest BCUT2D eigenvalue weighted by molar-refractivity contribution is 5.79. The van der Waals surface area contributed by atoms with E-state index in [-0.39, 0.29) is 0 Å². The molecule has 1 saturated carbocycles. The van der Waals surface area contributed by atoms with Crippen molar-refractivity contribution in [3.05, 3.63) is 29.3 Å². The molecule has 2 nitrogen and oxygen atoms in total. The SMILES string of the molecule is COc1ccc(C2CCCCC2)cc1C=O. The molecule has 2 rings (SSSR count). The van der Waals surface area contributed by atoms with Gasteiger partial charge in [0.2, 0.25) is 0 Å². The Hall–Kier alpha value is -1.31. The van der Waals surface area contributed by atoms with Gasteiger partial charge in [-0.1, -0.05) is 25.3 Å². The van der Waals surface area contributed by atoms with Gasteiger partial charge in [0.15, 0.2) is 6.29 Å². The van der Waals surface area contributed by atoms with Gasteiger partial charge < -0.3 is 4.74 Å². The van der Waals surface area contributed by atoms with Gasteiger partial charge >= 0.3 is 0 Å². The van der Waals surface area contributed by atoms with Crippen LogP contribution in [-0.2, 0) is 0 Å². The topological polar surface area (TPSA) is 26.3 Å². The smallest absolute Gasteiger partial charge is 0.153 e. The van der Waals surface area contributed by atoms with Crippen molar-refractivity contribution in [3.63, 3.8) is 0 Å². The zero-order chi connectivity index (χ0) is 11.4. The van der Waals surface area contributed by atoms with Crippen molar-refractivity contribution in [2.45, 2.75) is 38.0 Å². The molecule has 2 heteroatoms. The maximum absolute atomic E-state index is 10.9. The number of hydrogen-bond donors (Lipinski definition) is 0. The van der Waals surface area contributed by atoms with Crippen LogP contribution >= 0.6 is 0 Å². The molecule has 0 bridgehead atoms. The predicted molar refractivity (Wildman–Crippen MR) is 64.2 cm³/mol. The lowest BCUT2D eigenvalue weighted by Crippen LogP contribution is -2.05. The molecule has 0 spiro atoms. The van der Waals surface area contributed by atoms with Gasteiger partial charge in [0, 0.05) is 0 Å². The monoisotopic (exact) mass is 218 g/mol. The molecular weight excluding hydrogens is 200 g/mol. The fourth-order valence-electron chi connectivity index (χ4n) is 2.53. The Morgan fingerprint density at radius 1 is 1.25 bits per heavy atom. The quantitative estimate of drug-likeness (QED) is 0.725. The number of methoxy groups -OCH3 is 1. The summed E-state index contributed by atoms with van der Waals surface area (Å²) in [4.78, 5) is 10.9. The number of rotatable bonds is 3. The first-order chi connectivity index (χ1) is 7.85. The van der Waals surface area contributed by atoms with Crippen molar-refractivity contribution in [2.24, 2.45) is 0 Å². The molecule has 0 amide bonds. The second kappa shape index (κ2) is 5.15. The van der Waals surface area contributed by atoms with Gasteiger partial charge in [0.05, 0.1) is 12.7 Å². The molecule has 1 aromatic carbocycles. The van der Waals surface area contributed by atoms with Gasteiger partial charge in [-0.05, 0) is 36.5 Å². The van der Waals surface area contributed by atoms with E-state index in [9.17, 15) is 4.79 Å². The van der Waals surface area contributed by atoms with Gasteiger partial charge in [0.1, 0.15) is 5.75 Å². The summed E-state index contributed by atoms with van der Waals surface area (Å²) in [6.45, 7) is 0. The normalized spacial score (nSPS) is 17.1. The Labute approximate surface area is 96.6 Å². The Morgan fingerprint density at radius 3 is 2.62 bits per heavy atom. The molecule has 0 N–H and O–H groups in total. The van der Waals surface area contributed by atoms with Gasteiger partial charge in [-0.15, -0.1) is 0 Å². The number of carbonyl (C=O) groups excluding carboxylic acids is 1. The molecule has 16 heavy (non-hydrogen) atoms. The zero-order valence-corrected chi connectivity index (χ0v) is 9.74. The summed E-state index contributed by atoms with van der Waals surface area (Å²) in [6, 6.07) is 6.00. The number of aldehydes is 1. The van der Waals surface area contributed by atoms with Gasteiger partial charge in [-0.3, -0.25) is 4.79 Å². The summed E-state index contributed by atoms with van der Waals surface area (Å²) in [5.41, 5.74) is 1.97. The lowest BCUT2D eigenvalue weighted by Gasteiger charge is -2.22. The van der Waals surface area contributed by atoms with E-state index in [1.807, 2.05) is 12.1 Å². The maximum Gasteiger partial charge on any atom is 0.153 e. The first-order valence-corrected chi connectivity index (χ1v) is 5.98. The maximum atomic E-state index is 10.9. The standard InChI is InChI=1S/C14H18O2/c1-16-14-8-7-12(9-13(14)10-15)11-5-3-2-4-6-11/h7-11H,2-6H2,1H3. The molecule has 0 heterocycles. The van der Waals surface area contributed by atoms with Crippen molar-refractivity contribution < 1.29 is 9.53 Å². The van der Waals surface area contributed by atoms with Crippen molar-refractivity contribution in [3.8, 4) is 5.75 Å². The molecule has 0 atom stereocenters. The summed E-state index contributed by atoms with van der Waals surface area (Å²) in [5.74, 6) is 1.31. The number of ether oxygens (including phenoxy) is 1. The Morgan fingerprint density at radius 2 is 2.00 bits per heavy atom. The van der Waals surface area contributed by atoms with Crippen LogP contribution < -0.4 is 4.74 Å². The summed E-state index contributed by atoms with van der Waals surface area (Å²) in [7, 11) is 1.60. The molecule has 1 aliphatic carbocycles. The van der Waals surface area contributed by atoms with Crippen LogP contribution in [0.4, 0.5) is 0 Å². The predicted octanol–water partition coefficient (Wildman–Crippen LogP) is 3.56. The highest BCUT2D eigenvalue weighted by Crippen LogP contribution is 2.34. The van der Waals surface area contributed by atoms with E-state index in [2.05, 4.69) is 6.07 Å². The number of hydrogen-bond acceptors (Lipinski definition) is 2. The van der Waals surface area contributed by atoms with Gasteiger partial charge in [-0.2, -0.15) is 0 Å². The Kier molecular flexibility index (Phi) is 3.60. The lowest BCUT2D eigenvalue weighted by atomic mass is 9.83. The molecule has 1 fully saturated rings. The van der Waals surface area contributed by atoms with Crippen molar-refractivity contribution in [1.82, 2.24) is 0 Å². The van der Waals surface area contributed by atoms with E-state index >= 15 is 0 Å². The van der Waals surface area contributed by atoms with E-state index in [0.29, 0.717) is 17.2 Å². The van der Waals surface area contributed by atoms with Crippen molar-refractivity contribution >= 4 is 6.29 Å². The zero-order valence-electron chi connectivity index (χ0n) is 9.74. The third-order valence-corrected chi connectivity index (χ3v) is 3.46. The van der Waals surface area contributed by atoms with E-state index in [4.69, 9.17) is 4.74 Å². The molecule has 0 unspecified atom stereocenters. The van der Waals surface area contributed by atoms with Crippen LogP contribution in [0.1, 0.15) is 53.9 Å². The Bertz CT molecular complexity index is 365. The minimum Gasteiger partial charge on any atom is -0.496 e. The fourth-order valence-corrected chi connectivity index (χ4v) is 2.53. The highest BCUT2D eigenvalue weighted by atomic mass is 16.5. The largest absolute Gasteiger partial charge is 0.496 e. The molecule has 1 aliphatic rings. The van der Waals surface area contributed by atoms with Gasteiger partial charge in [-0.25, -0.2) is 0 Å². The van der Waals surface area contributed by atoms with E-state index < -0.39 is 0 Å². The highest BCUT2D eigenvalue weighted by Gasteiger charge is 2.16. The average Bonchev–Trinajstić information content (AvgIpc) is 2.39. The van der Waals surface area contributed by atoms with Crippen LogP contribution in [0.3, 0.4) is 0 Å². The van der Waals surface area contributed by atoms with Crippen molar-refractivity contribution in [2.75, 3.05) is 7.11 Å². The van der Waals surface area contributed by atoms with E-state index in [0.717, 1.165) is 6.29 Å². The van der Waals surface area contributed by atoms with Gasteiger partial charge in [0.25, 0.3) is 0 Å². The van der Waals surface area contributed by atoms with Crippen LogP contribution in [0, 0.1) is 0 Å². The van der Waals surface area contributed by atoms with Crippen molar-refractivity contribution in [1.29, 1.82) is 0 Å². The van der Waals surface area contributed by atoms with Crippen LogP contribution in [0.2, 0.25) is 0 Å². The number of carbonyl (C=O) groups is 1. The van der Waals surface area contributed by atoms with Crippen LogP contribution in [0.15, 0.2) is 18.2 Å².